The summed E-state index contributed by atoms with van der Waals surface area (Å²) < 4.78 is 25.0. The molecule has 1 fully saturated rings. The van der Waals surface area contributed by atoms with E-state index in [1.165, 1.54) is 12.1 Å². The molecule has 0 unspecified atom stereocenters. The summed E-state index contributed by atoms with van der Waals surface area (Å²) in [7, 11) is 0. The van der Waals surface area contributed by atoms with Gasteiger partial charge in [-0.3, -0.25) is 9.78 Å². The minimum Gasteiger partial charge on any atom is -0.493 e. The summed E-state index contributed by atoms with van der Waals surface area (Å²) in [6.45, 7) is 2.82. The molecule has 2 aromatic carbocycles. The number of benzene rings is 2. The number of carbonyl (C=O) groups excluding carboxylic acids is 1. The molecule has 1 saturated heterocycles. The van der Waals surface area contributed by atoms with Crippen LogP contribution in [-0.2, 0) is 17.8 Å². The average molecular weight is 420 g/mol. The van der Waals surface area contributed by atoms with Crippen LogP contribution in [0.1, 0.15) is 28.0 Å². The molecule has 6 heteroatoms. The molecular weight excluding hydrogens is 395 g/mol. The summed E-state index contributed by atoms with van der Waals surface area (Å²) in [4.78, 5) is 19.2. The molecule has 2 heterocycles. The maximum Gasteiger partial charge on any atom is 0.254 e. The van der Waals surface area contributed by atoms with Crippen molar-refractivity contribution in [2.75, 3.05) is 19.8 Å². The number of hydrogen-bond donors (Lipinski definition) is 0. The van der Waals surface area contributed by atoms with Crippen molar-refractivity contribution in [3.05, 3.63) is 95.6 Å². The van der Waals surface area contributed by atoms with E-state index in [-0.39, 0.29) is 5.91 Å². The van der Waals surface area contributed by atoms with Crippen LogP contribution in [0.4, 0.5) is 4.39 Å². The fourth-order valence-electron chi connectivity index (χ4n) is 3.57. The van der Waals surface area contributed by atoms with Gasteiger partial charge in [-0.05, 0) is 54.4 Å². The van der Waals surface area contributed by atoms with Gasteiger partial charge < -0.3 is 14.4 Å². The number of carbonyl (C=O) groups is 1. The van der Waals surface area contributed by atoms with E-state index in [4.69, 9.17) is 9.47 Å². The molecule has 0 radical (unpaired) electrons. The van der Waals surface area contributed by atoms with Crippen LogP contribution in [0.5, 0.6) is 5.75 Å². The zero-order valence-electron chi connectivity index (χ0n) is 17.2. The summed E-state index contributed by atoms with van der Waals surface area (Å²) in [5, 5.41) is 0. The van der Waals surface area contributed by atoms with E-state index < -0.39 is 5.82 Å². The molecule has 31 heavy (non-hydrogen) atoms. The minimum absolute atomic E-state index is 0.250. The lowest BCUT2D eigenvalue weighted by molar-refractivity contribution is 0.0727. The van der Waals surface area contributed by atoms with Crippen molar-refractivity contribution in [2.45, 2.75) is 19.5 Å². The highest BCUT2D eigenvalue weighted by atomic mass is 19.1. The summed E-state index contributed by atoms with van der Waals surface area (Å²) in [6, 6.07) is 19.1. The van der Waals surface area contributed by atoms with Gasteiger partial charge in [0.1, 0.15) is 11.6 Å². The Morgan fingerprint density at radius 2 is 2.00 bits per heavy atom. The zero-order chi connectivity index (χ0) is 21.5. The van der Waals surface area contributed by atoms with Crippen LogP contribution < -0.4 is 4.74 Å². The summed E-state index contributed by atoms with van der Waals surface area (Å²) in [5.74, 6) is 0.494. The standard InChI is InChI=1S/C25H25FN2O3/c26-22-7-4-6-21(14-22)25(29)28(16-23-8-1-2-11-27-23)15-19-5-3-9-24(13-19)31-18-20-10-12-30-17-20/h1-9,11,13-14,20H,10,12,15-18H2/t20-/m1/s1. The van der Waals surface area contributed by atoms with Crippen LogP contribution in [0, 0.1) is 11.7 Å². The van der Waals surface area contributed by atoms with Crippen molar-refractivity contribution in [2.24, 2.45) is 5.92 Å². The van der Waals surface area contributed by atoms with E-state index in [2.05, 4.69) is 4.98 Å². The van der Waals surface area contributed by atoms with Gasteiger partial charge in [0.05, 0.1) is 25.5 Å². The van der Waals surface area contributed by atoms with Crippen LogP contribution in [0.15, 0.2) is 72.9 Å². The number of aromatic nitrogens is 1. The van der Waals surface area contributed by atoms with E-state index in [9.17, 15) is 9.18 Å². The third kappa shape index (κ3) is 5.89. The lowest BCUT2D eigenvalue weighted by Gasteiger charge is -2.23. The van der Waals surface area contributed by atoms with E-state index in [0.29, 0.717) is 31.2 Å². The van der Waals surface area contributed by atoms with Crippen LogP contribution in [0.3, 0.4) is 0 Å². The third-order valence-electron chi connectivity index (χ3n) is 5.22. The largest absolute Gasteiger partial charge is 0.493 e. The van der Waals surface area contributed by atoms with Crippen molar-refractivity contribution < 1.29 is 18.7 Å². The topological polar surface area (TPSA) is 51.7 Å². The van der Waals surface area contributed by atoms with Gasteiger partial charge in [0, 0.05) is 30.8 Å². The molecule has 1 aliphatic heterocycles. The number of pyridine rings is 1. The number of rotatable bonds is 8. The predicted molar refractivity (Wildman–Crippen MR) is 115 cm³/mol. The monoisotopic (exact) mass is 420 g/mol. The van der Waals surface area contributed by atoms with Gasteiger partial charge in [-0.1, -0.05) is 24.3 Å². The first kappa shape index (κ1) is 21.0. The fourth-order valence-corrected chi connectivity index (χ4v) is 3.57. The first-order valence-corrected chi connectivity index (χ1v) is 10.4. The first-order chi connectivity index (χ1) is 15.2. The number of halogens is 1. The third-order valence-corrected chi connectivity index (χ3v) is 5.22. The van der Waals surface area contributed by atoms with Crippen LogP contribution in [0.25, 0.3) is 0 Å². The van der Waals surface area contributed by atoms with Gasteiger partial charge in [0.15, 0.2) is 0 Å². The lowest BCUT2D eigenvalue weighted by atomic mass is 10.1. The first-order valence-electron chi connectivity index (χ1n) is 10.4. The smallest absolute Gasteiger partial charge is 0.254 e. The van der Waals surface area contributed by atoms with Crippen molar-refractivity contribution >= 4 is 5.91 Å². The molecule has 3 aromatic rings. The second-order valence-electron chi connectivity index (χ2n) is 7.68. The Balaban J connectivity index is 1.51. The summed E-state index contributed by atoms with van der Waals surface area (Å²) in [5.41, 5.74) is 2.01. The number of nitrogens with zero attached hydrogens (tertiary/aromatic N) is 2. The molecule has 0 N–H and O–H groups in total. The Bertz CT molecular complexity index is 1010. The number of hydrogen-bond acceptors (Lipinski definition) is 4. The Hall–Kier alpha value is -3.25. The van der Waals surface area contributed by atoms with Crippen LogP contribution in [-0.4, -0.2) is 35.6 Å². The molecule has 0 aliphatic carbocycles. The maximum absolute atomic E-state index is 13.7. The van der Waals surface area contributed by atoms with Gasteiger partial charge in [0.2, 0.25) is 0 Å². The second-order valence-corrected chi connectivity index (χ2v) is 7.68. The Morgan fingerprint density at radius 1 is 1.10 bits per heavy atom. The van der Waals surface area contributed by atoms with Gasteiger partial charge >= 0.3 is 0 Å². The molecule has 1 amide bonds. The maximum atomic E-state index is 13.7. The summed E-state index contributed by atoms with van der Waals surface area (Å²) in [6.07, 6.45) is 2.71. The van der Waals surface area contributed by atoms with E-state index in [1.807, 2.05) is 42.5 Å². The molecule has 0 saturated carbocycles. The van der Waals surface area contributed by atoms with Gasteiger partial charge in [-0.15, -0.1) is 0 Å². The second kappa shape index (κ2) is 10.2. The van der Waals surface area contributed by atoms with Crippen molar-refractivity contribution in [1.82, 2.24) is 9.88 Å². The molecule has 0 bridgehead atoms. The highest BCUT2D eigenvalue weighted by Gasteiger charge is 2.19. The quantitative estimate of drug-likeness (QED) is 0.539. The number of ether oxygens (including phenoxy) is 2. The SMILES string of the molecule is O=C(c1cccc(F)c1)N(Cc1cccc(OC[C@@H]2CCOC2)c1)Cc1ccccn1. The van der Waals surface area contributed by atoms with Crippen molar-refractivity contribution in [3.63, 3.8) is 0 Å². The van der Waals surface area contributed by atoms with E-state index >= 15 is 0 Å². The average Bonchev–Trinajstić information content (AvgIpc) is 3.32. The van der Waals surface area contributed by atoms with Gasteiger partial charge in [0.25, 0.3) is 5.91 Å². The normalized spacial score (nSPS) is 15.6. The Morgan fingerprint density at radius 3 is 2.77 bits per heavy atom. The van der Waals surface area contributed by atoms with E-state index in [1.54, 1.807) is 23.2 Å². The van der Waals surface area contributed by atoms with Gasteiger partial charge in [-0.2, -0.15) is 0 Å². The minimum atomic E-state index is -0.435. The van der Waals surface area contributed by atoms with E-state index in [0.717, 1.165) is 36.6 Å². The molecule has 160 valence electrons. The Labute approximate surface area is 181 Å². The molecule has 4 rings (SSSR count). The Kier molecular flexibility index (Phi) is 6.89. The number of amides is 1. The predicted octanol–water partition coefficient (Wildman–Crippen LogP) is 4.48. The fraction of sp³-hybridized carbons (Fsp3) is 0.280. The van der Waals surface area contributed by atoms with Crippen LogP contribution in [0.2, 0.25) is 0 Å². The van der Waals surface area contributed by atoms with Crippen LogP contribution >= 0.6 is 0 Å². The molecule has 0 spiro atoms. The molecular formula is C25H25FN2O3. The molecule has 5 nitrogen and oxygen atoms in total. The van der Waals surface area contributed by atoms with Crippen molar-refractivity contribution in [3.8, 4) is 5.75 Å². The highest BCUT2D eigenvalue weighted by Crippen LogP contribution is 2.20. The highest BCUT2D eigenvalue weighted by molar-refractivity contribution is 5.94. The summed E-state index contributed by atoms with van der Waals surface area (Å²) >= 11 is 0. The van der Waals surface area contributed by atoms with Crippen molar-refractivity contribution in [1.29, 1.82) is 0 Å². The van der Waals surface area contributed by atoms with Gasteiger partial charge in [-0.25, -0.2) is 4.39 Å². The zero-order valence-corrected chi connectivity index (χ0v) is 17.2. The molecule has 1 atom stereocenters. The lowest BCUT2D eigenvalue weighted by Crippen LogP contribution is -2.30. The molecule has 1 aliphatic rings. The molecule has 1 aromatic heterocycles.